The van der Waals surface area contributed by atoms with Crippen LogP contribution >= 0.6 is 0 Å². The van der Waals surface area contributed by atoms with Gasteiger partial charge in [0.15, 0.2) is 0 Å². The highest BCUT2D eigenvalue weighted by atomic mass is 32.2. The molecule has 1 saturated carbocycles. The van der Waals surface area contributed by atoms with Crippen LogP contribution in [-0.2, 0) is 14.8 Å². The first-order valence-corrected chi connectivity index (χ1v) is 8.66. The molecule has 22 heavy (non-hydrogen) atoms. The lowest BCUT2D eigenvalue weighted by Gasteiger charge is -2.23. The smallest absolute Gasteiger partial charge is 0.410 e. The molecule has 0 radical (unpaired) electrons. The normalized spacial score (nSPS) is 21.4. The highest BCUT2D eigenvalue weighted by Gasteiger charge is 2.39. The Morgan fingerprint density at radius 1 is 1.41 bits per heavy atom. The van der Waals surface area contributed by atoms with Crippen molar-refractivity contribution in [2.45, 2.75) is 44.5 Å². The Bertz CT molecular complexity index is 614. The van der Waals surface area contributed by atoms with Gasteiger partial charge in [0.2, 0.25) is 0 Å². The highest BCUT2D eigenvalue weighted by Crippen LogP contribution is 2.31. The zero-order valence-electron chi connectivity index (χ0n) is 13.2. The van der Waals surface area contributed by atoms with Crippen LogP contribution in [-0.4, -0.2) is 47.8 Å². The highest BCUT2D eigenvalue weighted by molar-refractivity contribution is 7.90. The van der Waals surface area contributed by atoms with Crippen molar-refractivity contribution in [1.82, 2.24) is 9.31 Å². The Balaban J connectivity index is 2.06. The third-order valence-corrected chi connectivity index (χ3v) is 5.38. The first-order valence-electron chi connectivity index (χ1n) is 7.15. The maximum absolute atomic E-state index is 12.0. The summed E-state index contributed by atoms with van der Waals surface area (Å²) in [6, 6.07) is 0. The summed E-state index contributed by atoms with van der Waals surface area (Å²) < 4.78 is 30.1. The number of carbonyl (C=O) groups is 1. The summed E-state index contributed by atoms with van der Waals surface area (Å²) in [5, 5.41) is -0.383. The van der Waals surface area contributed by atoms with Gasteiger partial charge in [0.25, 0.3) is 10.0 Å². The number of hydrogen-bond donors (Lipinski definition) is 1. The molecule has 124 valence electrons. The van der Waals surface area contributed by atoms with Crippen LogP contribution < -0.4 is 5.84 Å². The van der Waals surface area contributed by atoms with Gasteiger partial charge in [0.1, 0.15) is 5.60 Å². The Hall–Kier alpha value is -1.54. The van der Waals surface area contributed by atoms with Crippen molar-refractivity contribution < 1.29 is 17.9 Å². The molecule has 0 spiro atoms. The summed E-state index contributed by atoms with van der Waals surface area (Å²) in [5.74, 6) is 5.65. The predicted octanol–water partition coefficient (Wildman–Crippen LogP) is 1.35. The average molecular weight is 329 g/mol. The van der Waals surface area contributed by atoms with Gasteiger partial charge < -0.3 is 4.74 Å². The van der Waals surface area contributed by atoms with E-state index in [2.05, 4.69) is 6.58 Å². The minimum absolute atomic E-state index is 0.238. The van der Waals surface area contributed by atoms with Gasteiger partial charge in [-0.05, 0) is 44.8 Å². The standard InChI is InChI=1S/C14H23N3O4S/c1-10-7-16(13(18)21-14(2,3)4)8-11(10)9-17(15)22(19,20)12-5-6-12/h9,12H,1,5-8,15H2,2-4H3/b11-9-. The molecule has 1 aliphatic heterocycles. The lowest BCUT2D eigenvalue weighted by Crippen LogP contribution is -2.36. The molecule has 2 aliphatic rings. The number of hydrazine groups is 1. The monoisotopic (exact) mass is 329 g/mol. The third kappa shape index (κ3) is 3.80. The summed E-state index contributed by atoms with van der Waals surface area (Å²) in [5.41, 5.74) is 0.699. The number of nitrogens with two attached hydrogens (primary N) is 1. The van der Waals surface area contributed by atoms with E-state index in [0.29, 0.717) is 30.5 Å². The van der Waals surface area contributed by atoms with E-state index in [-0.39, 0.29) is 11.8 Å². The molecule has 1 heterocycles. The SMILES string of the molecule is C=C1CN(C(=O)OC(C)(C)C)C/C1=C/N(N)S(=O)(=O)C1CC1. The van der Waals surface area contributed by atoms with Crippen molar-refractivity contribution in [2.24, 2.45) is 5.84 Å². The molecule has 0 unspecified atom stereocenters. The molecule has 1 amide bonds. The number of rotatable bonds is 3. The molecule has 2 N–H and O–H groups in total. The molecule has 1 aliphatic carbocycles. The summed E-state index contributed by atoms with van der Waals surface area (Å²) >= 11 is 0. The Labute approximate surface area is 131 Å². The van der Waals surface area contributed by atoms with Crippen molar-refractivity contribution in [1.29, 1.82) is 0 Å². The van der Waals surface area contributed by atoms with Gasteiger partial charge in [-0.2, -0.15) is 0 Å². The second kappa shape index (κ2) is 5.58. The number of hydrogen-bond acceptors (Lipinski definition) is 5. The van der Waals surface area contributed by atoms with Crippen molar-refractivity contribution in [3.8, 4) is 0 Å². The average Bonchev–Trinajstić information content (AvgIpc) is 3.14. The van der Waals surface area contributed by atoms with Crippen molar-refractivity contribution in [3.05, 3.63) is 23.9 Å². The molecule has 0 aromatic carbocycles. The number of amides is 1. The fraction of sp³-hybridized carbons (Fsp3) is 0.643. The van der Waals surface area contributed by atoms with E-state index in [9.17, 15) is 13.2 Å². The van der Waals surface area contributed by atoms with E-state index in [0.717, 1.165) is 4.41 Å². The van der Waals surface area contributed by atoms with Crippen molar-refractivity contribution in [3.63, 3.8) is 0 Å². The van der Waals surface area contributed by atoms with Crippen LogP contribution in [0.15, 0.2) is 23.9 Å². The van der Waals surface area contributed by atoms with E-state index in [4.69, 9.17) is 10.6 Å². The minimum atomic E-state index is -3.48. The van der Waals surface area contributed by atoms with E-state index in [1.807, 2.05) is 0 Å². The topological polar surface area (TPSA) is 92.9 Å². The Morgan fingerprint density at radius 2 is 2.00 bits per heavy atom. The molecule has 0 aromatic heterocycles. The molecule has 2 fully saturated rings. The second-order valence-electron chi connectivity index (χ2n) is 6.67. The molecule has 0 atom stereocenters. The van der Waals surface area contributed by atoms with Gasteiger partial charge >= 0.3 is 6.09 Å². The van der Waals surface area contributed by atoms with Gasteiger partial charge in [0.05, 0.1) is 11.8 Å². The fourth-order valence-corrected chi connectivity index (χ4v) is 3.41. The van der Waals surface area contributed by atoms with Crippen molar-refractivity contribution >= 4 is 16.1 Å². The van der Waals surface area contributed by atoms with Gasteiger partial charge in [-0.25, -0.2) is 23.5 Å². The third-order valence-electron chi connectivity index (χ3n) is 3.37. The maximum Gasteiger partial charge on any atom is 0.410 e. The Morgan fingerprint density at radius 3 is 2.50 bits per heavy atom. The Kier molecular flexibility index (Phi) is 4.27. The molecule has 1 saturated heterocycles. The quantitative estimate of drug-likeness (QED) is 0.623. The van der Waals surface area contributed by atoms with E-state index >= 15 is 0 Å². The molecule has 7 nitrogen and oxygen atoms in total. The number of nitrogens with zero attached hydrogens (tertiary/aromatic N) is 2. The summed E-state index contributed by atoms with van der Waals surface area (Å²) in [4.78, 5) is 13.5. The van der Waals surface area contributed by atoms with Gasteiger partial charge in [-0.3, -0.25) is 4.90 Å². The van der Waals surface area contributed by atoms with Gasteiger partial charge in [-0.1, -0.05) is 6.58 Å². The summed E-state index contributed by atoms with van der Waals surface area (Å²) in [6.45, 7) is 9.77. The summed E-state index contributed by atoms with van der Waals surface area (Å²) in [7, 11) is -3.48. The first-order chi connectivity index (χ1) is 10.0. The van der Waals surface area contributed by atoms with Crippen LogP contribution in [0.25, 0.3) is 0 Å². The van der Waals surface area contributed by atoms with Crippen LogP contribution in [0.4, 0.5) is 4.79 Å². The van der Waals surface area contributed by atoms with E-state index < -0.39 is 21.7 Å². The number of ether oxygens (including phenoxy) is 1. The number of likely N-dealkylation sites (tertiary alicyclic amines) is 1. The van der Waals surface area contributed by atoms with Crippen LogP contribution in [0, 0.1) is 0 Å². The lowest BCUT2D eigenvalue weighted by atomic mass is 10.2. The summed E-state index contributed by atoms with van der Waals surface area (Å²) in [6.07, 6.45) is 2.18. The van der Waals surface area contributed by atoms with Gasteiger partial charge in [-0.15, -0.1) is 0 Å². The fourth-order valence-electron chi connectivity index (χ4n) is 2.06. The second-order valence-corrected chi connectivity index (χ2v) is 8.79. The lowest BCUT2D eigenvalue weighted by molar-refractivity contribution is 0.0305. The van der Waals surface area contributed by atoms with Crippen LogP contribution in [0.3, 0.4) is 0 Å². The number of carbonyl (C=O) groups excluding carboxylic acids is 1. The molecular formula is C14H23N3O4S. The minimum Gasteiger partial charge on any atom is -0.444 e. The van der Waals surface area contributed by atoms with Crippen LogP contribution in [0.1, 0.15) is 33.6 Å². The maximum atomic E-state index is 12.0. The van der Waals surface area contributed by atoms with E-state index in [1.165, 1.54) is 11.1 Å². The molecule has 0 aromatic rings. The van der Waals surface area contributed by atoms with Crippen molar-refractivity contribution in [2.75, 3.05) is 13.1 Å². The number of sulfonamides is 1. The van der Waals surface area contributed by atoms with Crippen LogP contribution in [0.2, 0.25) is 0 Å². The largest absolute Gasteiger partial charge is 0.444 e. The van der Waals surface area contributed by atoms with E-state index in [1.54, 1.807) is 20.8 Å². The zero-order chi connectivity index (χ0) is 16.7. The predicted molar refractivity (Wildman–Crippen MR) is 83.0 cm³/mol. The van der Waals surface area contributed by atoms with Crippen LogP contribution in [0.5, 0.6) is 0 Å². The molecule has 2 rings (SSSR count). The molecular weight excluding hydrogens is 306 g/mol. The molecule has 8 heteroatoms. The van der Waals surface area contributed by atoms with Gasteiger partial charge in [0, 0.05) is 12.7 Å². The first kappa shape index (κ1) is 16.8. The molecule has 0 bridgehead atoms. The zero-order valence-corrected chi connectivity index (χ0v) is 14.0.